The Morgan fingerprint density at radius 3 is 2.35 bits per heavy atom. The van der Waals surface area contributed by atoms with Crippen molar-refractivity contribution >= 4 is 22.8 Å². The number of methoxy groups -OCH3 is 1. The first kappa shape index (κ1) is 17.4. The van der Waals surface area contributed by atoms with Gasteiger partial charge in [0.15, 0.2) is 0 Å². The van der Waals surface area contributed by atoms with Crippen LogP contribution < -0.4 is 5.56 Å². The van der Waals surface area contributed by atoms with Crippen LogP contribution in [0.4, 0.5) is 0 Å². The van der Waals surface area contributed by atoms with Crippen molar-refractivity contribution in [2.75, 3.05) is 13.7 Å². The molecule has 0 atom stereocenters. The van der Waals surface area contributed by atoms with Gasteiger partial charge >= 0.3 is 11.9 Å². The van der Waals surface area contributed by atoms with Crippen molar-refractivity contribution in [2.24, 2.45) is 0 Å². The molecule has 1 aromatic heterocycles. The van der Waals surface area contributed by atoms with E-state index in [0.29, 0.717) is 27.6 Å². The van der Waals surface area contributed by atoms with Gasteiger partial charge in [-0.3, -0.25) is 4.79 Å². The topological polar surface area (TPSA) is 85.5 Å². The number of nitrogens with one attached hydrogen (secondary N) is 1. The Kier molecular flexibility index (Phi) is 4.84. The Hall–Kier alpha value is -3.41. The van der Waals surface area contributed by atoms with Gasteiger partial charge in [0.1, 0.15) is 5.56 Å². The number of para-hydroxylation sites is 1. The standard InChI is InChI=1S/C20H17NO5/c1-3-26-19(23)13-10-8-12(9-11-13)16-14-6-4-5-7-15(14)21-18(22)17(16)20(24)25-2/h4-11H,3H2,1-2H3,(H,21,22). The predicted octanol–water partition coefficient (Wildman–Crippen LogP) is 3.16. The fraction of sp³-hybridized carbons (Fsp3) is 0.150. The first-order valence-corrected chi connectivity index (χ1v) is 8.07. The third-order valence-electron chi connectivity index (χ3n) is 4.00. The molecule has 0 unspecified atom stereocenters. The molecule has 0 fully saturated rings. The van der Waals surface area contributed by atoms with Crippen LogP contribution in [-0.4, -0.2) is 30.6 Å². The van der Waals surface area contributed by atoms with Crippen molar-refractivity contribution in [1.29, 1.82) is 0 Å². The molecule has 3 aromatic rings. The number of esters is 2. The number of ether oxygens (including phenoxy) is 2. The molecule has 6 nitrogen and oxygen atoms in total. The predicted molar refractivity (Wildman–Crippen MR) is 97.3 cm³/mol. The van der Waals surface area contributed by atoms with E-state index in [1.807, 2.05) is 12.1 Å². The van der Waals surface area contributed by atoms with Crippen LogP contribution in [0, 0.1) is 0 Å². The van der Waals surface area contributed by atoms with Gasteiger partial charge in [0.2, 0.25) is 0 Å². The van der Waals surface area contributed by atoms with E-state index in [4.69, 9.17) is 9.47 Å². The van der Waals surface area contributed by atoms with Crippen molar-refractivity contribution in [3.05, 3.63) is 70.0 Å². The number of pyridine rings is 1. The molecule has 0 aliphatic carbocycles. The van der Waals surface area contributed by atoms with Crippen molar-refractivity contribution in [1.82, 2.24) is 4.98 Å². The van der Waals surface area contributed by atoms with Crippen LogP contribution in [0.3, 0.4) is 0 Å². The summed E-state index contributed by atoms with van der Waals surface area (Å²) >= 11 is 0. The molecule has 3 rings (SSSR count). The molecule has 6 heteroatoms. The van der Waals surface area contributed by atoms with Crippen molar-refractivity contribution in [3.8, 4) is 11.1 Å². The van der Waals surface area contributed by atoms with Crippen molar-refractivity contribution in [2.45, 2.75) is 6.92 Å². The number of fused-ring (bicyclic) bond motifs is 1. The van der Waals surface area contributed by atoms with E-state index in [1.165, 1.54) is 7.11 Å². The van der Waals surface area contributed by atoms with Crippen LogP contribution in [0.1, 0.15) is 27.6 Å². The third-order valence-corrected chi connectivity index (χ3v) is 4.00. The molecule has 0 bridgehead atoms. The van der Waals surface area contributed by atoms with E-state index in [0.717, 1.165) is 0 Å². The molecule has 26 heavy (non-hydrogen) atoms. The van der Waals surface area contributed by atoms with Crippen molar-refractivity contribution in [3.63, 3.8) is 0 Å². The number of rotatable bonds is 4. The molecule has 0 aliphatic heterocycles. The molecule has 2 aromatic carbocycles. The van der Waals surface area contributed by atoms with Crippen LogP contribution in [0.5, 0.6) is 0 Å². The maximum absolute atomic E-state index is 12.5. The maximum Gasteiger partial charge on any atom is 0.344 e. The van der Waals surface area contributed by atoms with Gasteiger partial charge in [-0.1, -0.05) is 30.3 Å². The van der Waals surface area contributed by atoms with E-state index >= 15 is 0 Å². The molecule has 0 spiro atoms. The minimum Gasteiger partial charge on any atom is -0.465 e. The number of carbonyl (C=O) groups excluding carboxylic acids is 2. The summed E-state index contributed by atoms with van der Waals surface area (Å²) in [5.74, 6) is -1.15. The maximum atomic E-state index is 12.5. The summed E-state index contributed by atoms with van der Waals surface area (Å²) in [6, 6.07) is 13.7. The Balaban J connectivity index is 2.24. The summed E-state index contributed by atoms with van der Waals surface area (Å²) in [6.07, 6.45) is 0. The Labute approximate surface area is 149 Å². The second-order valence-electron chi connectivity index (χ2n) is 5.54. The molecule has 0 aliphatic rings. The SMILES string of the molecule is CCOC(=O)c1ccc(-c2c(C(=O)OC)c(=O)[nH]c3ccccc23)cc1. The lowest BCUT2D eigenvalue weighted by molar-refractivity contribution is 0.0525. The van der Waals surface area contributed by atoms with Crippen LogP contribution in [-0.2, 0) is 9.47 Å². The van der Waals surface area contributed by atoms with E-state index in [2.05, 4.69) is 4.98 Å². The summed E-state index contributed by atoms with van der Waals surface area (Å²) < 4.78 is 9.76. The summed E-state index contributed by atoms with van der Waals surface area (Å²) in [6.45, 7) is 2.02. The number of aromatic amines is 1. The highest BCUT2D eigenvalue weighted by Crippen LogP contribution is 2.30. The first-order valence-electron chi connectivity index (χ1n) is 8.07. The number of benzene rings is 2. The van der Waals surface area contributed by atoms with E-state index in [1.54, 1.807) is 43.3 Å². The van der Waals surface area contributed by atoms with Crippen LogP contribution in [0.25, 0.3) is 22.0 Å². The molecule has 132 valence electrons. The average Bonchev–Trinajstić information content (AvgIpc) is 2.66. The Morgan fingerprint density at radius 2 is 1.69 bits per heavy atom. The zero-order chi connectivity index (χ0) is 18.7. The largest absolute Gasteiger partial charge is 0.465 e. The first-order chi connectivity index (χ1) is 12.6. The second kappa shape index (κ2) is 7.23. The van der Waals surface area contributed by atoms with Gasteiger partial charge in [-0.2, -0.15) is 0 Å². The number of hydrogen-bond acceptors (Lipinski definition) is 5. The van der Waals surface area contributed by atoms with Crippen LogP contribution >= 0.6 is 0 Å². The molecule has 0 saturated carbocycles. The normalized spacial score (nSPS) is 10.5. The molecule has 0 radical (unpaired) electrons. The molecular weight excluding hydrogens is 334 g/mol. The average molecular weight is 351 g/mol. The van der Waals surface area contributed by atoms with Crippen LogP contribution in [0.15, 0.2) is 53.3 Å². The highest BCUT2D eigenvalue weighted by molar-refractivity contribution is 6.06. The molecular formula is C20H17NO5. The monoisotopic (exact) mass is 351 g/mol. The lowest BCUT2D eigenvalue weighted by atomic mass is 9.95. The molecule has 0 saturated heterocycles. The van der Waals surface area contributed by atoms with Gasteiger partial charge in [-0.15, -0.1) is 0 Å². The van der Waals surface area contributed by atoms with Gasteiger partial charge < -0.3 is 14.5 Å². The lowest BCUT2D eigenvalue weighted by Crippen LogP contribution is -2.20. The molecule has 1 heterocycles. The number of aromatic nitrogens is 1. The number of carbonyl (C=O) groups is 2. The van der Waals surface area contributed by atoms with Gasteiger partial charge in [0, 0.05) is 16.5 Å². The fourth-order valence-corrected chi connectivity index (χ4v) is 2.83. The smallest absolute Gasteiger partial charge is 0.344 e. The lowest BCUT2D eigenvalue weighted by Gasteiger charge is -2.12. The molecule has 0 amide bonds. The third kappa shape index (κ3) is 3.09. The summed E-state index contributed by atoms with van der Waals surface area (Å²) in [4.78, 5) is 39.2. The second-order valence-corrected chi connectivity index (χ2v) is 5.54. The van der Waals surface area contributed by atoms with Gasteiger partial charge in [0.25, 0.3) is 5.56 Å². The van der Waals surface area contributed by atoms with E-state index in [-0.39, 0.29) is 12.2 Å². The summed E-state index contributed by atoms with van der Waals surface area (Å²) in [5, 5.41) is 0.705. The number of hydrogen-bond donors (Lipinski definition) is 1. The fourth-order valence-electron chi connectivity index (χ4n) is 2.83. The van der Waals surface area contributed by atoms with E-state index in [9.17, 15) is 14.4 Å². The summed E-state index contributed by atoms with van der Waals surface area (Å²) in [5.41, 5.74) is 1.49. The van der Waals surface area contributed by atoms with E-state index < -0.39 is 17.5 Å². The minimum absolute atomic E-state index is 0.0740. The summed E-state index contributed by atoms with van der Waals surface area (Å²) in [7, 11) is 1.23. The zero-order valence-electron chi connectivity index (χ0n) is 14.4. The minimum atomic E-state index is -0.721. The quantitative estimate of drug-likeness (QED) is 0.730. The van der Waals surface area contributed by atoms with Crippen molar-refractivity contribution < 1.29 is 19.1 Å². The zero-order valence-corrected chi connectivity index (χ0v) is 14.4. The van der Waals surface area contributed by atoms with Gasteiger partial charge in [0.05, 0.1) is 19.3 Å². The Bertz CT molecular complexity index is 1030. The highest BCUT2D eigenvalue weighted by atomic mass is 16.5. The number of H-pyrrole nitrogens is 1. The highest BCUT2D eigenvalue weighted by Gasteiger charge is 2.21. The molecule has 1 N–H and O–H groups in total. The van der Waals surface area contributed by atoms with Gasteiger partial charge in [-0.05, 0) is 30.7 Å². The van der Waals surface area contributed by atoms with Crippen LogP contribution in [0.2, 0.25) is 0 Å². The van der Waals surface area contributed by atoms with Gasteiger partial charge in [-0.25, -0.2) is 9.59 Å². The Morgan fingerprint density at radius 1 is 1.00 bits per heavy atom.